The summed E-state index contributed by atoms with van der Waals surface area (Å²) in [6.07, 6.45) is 10.0. The van der Waals surface area contributed by atoms with Gasteiger partial charge in [-0.25, -0.2) is 0 Å². The first-order chi connectivity index (χ1) is 9.80. The highest BCUT2D eigenvalue weighted by atomic mass is 15.1. The van der Waals surface area contributed by atoms with Gasteiger partial charge in [0.2, 0.25) is 0 Å². The molecule has 1 aliphatic carbocycles. The summed E-state index contributed by atoms with van der Waals surface area (Å²) in [7, 11) is 0. The maximum absolute atomic E-state index is 8.97. The molecular formula is C18H24N2. The van der Waals surface area contributed by atoms with Gasteiger partial charge in [0.1, 0.15) is 0 Å². The minimum atomic E-state index is 0.684. The zero-order chi connectivity index (χ0) is 13.8. The average Bonchev–Trinajstić information content (AvgIpc) is 2.51. The van der Waals surface area contributed by atoms with Gasteiger partial charge in [0.25, 0.3) is 0 Å². The fourth-order valence-corrected chi connectivity index (χ4v) is 3.98. The van der Waals surface area contributed by atoms with Crippen LogP contribution >= 0.6 is 0 Å². The van der Waals surface area contributed by atoms with Crippen LogP contribution in [0.5, 0.6) is 0 Å². The van der Waals surface area contributed by atoms with Gasteiger partial charge in [0.05, 0.1) is 11.6 Å². The Bertz CT molecular complexity index is 484. The van der Waals surface area contributed by atoms with Gasteiger partial charge < -0.3 is 0 Å². The maximum Gasteiger partial charge on any atom is 0.0991 e. The number of nitriles is 1. The number of hydrogen-bond acceptors (Lipinski definition) is 2. The normalized spacial score (nSPS) is 22.6. The molecule has 3 rings (SSSR count). The molecule has 0 radical (unpaired) electrons. The molecule has 0 N–H and O–H groups in total. The number of piperidine rings is 1. The predicted molar refractivity (Wildman–Crippen MR) is 81.2 cm³/mol. The Kier molecular flexibility index (Phi) is 4.08. The Morgan fingerprint density at radius 2 is 1.80 bits per heavy atom. The van der Waals surface area contributed by atoms with Gasteiger partial charge in [0.15, 0.2) is 0 Å². The largest absolute Gasteiger partial charge is 0.299 e. The zero-order valence-electron chi connectivity index (χ0n) is 12.3. The van der Waals surface area contributed by atoms with Crippen LogP contribution in [0.3, 0.4) is 0 Å². The number of benzene rings is 1. The minimum Gasteiger partial charge on any atom is -0.299 e. The number of rotatable bonds is 2. The van der Waals surface area contributed by atoms with E-state index in [1.165, 1.54) is 63.6 Å². The lowest BCUT2D eigenvalue weighted by molar-refractivity contribution is 0.0641. The molecule has 0 unspecified atom stereocenters. The van der Waals surface area contributed by atoms with Gasteiger partial charge in [-0.1, -0.05) is 31.4 Å². The van der Waals surface area contributed by atoms with Gasteiger partial charge in [-0.2, -0.15) is 5.26 Å². The summed E-state index contributed by atoms with van der Waals surface area (Å²) in [6, 6.07) is 10.3. The van der Waals surface area contributed by atoms with Crippen molar-refractivity contribution in [2.75, 3.05) is 13.1 Å². The topological polar surface area (TPSA) is 27.0 Å². The van der Waals surface area contributed by atoms with Crippen LogP contribution in [0.25, 0.3) is 0 Å². The van der Waals surface area contributed by atoms with Crippen LogP contribution in [-0.4, -0.2) is 18.0 Å². The van der Waals surface area contributed by atoms with Crippen molar-refractivity contribution >= 4 is 0 Å². The van der Waals surface area contributed by atoms with Crippen LogP contribution in [0.15, 0.2) is 24.3 Å². The van der Waals surface area contributed by atoms with Crippen molar-refractivity contribution < 1.29 is 0 Å². The fraction of sp³-hybridized carbons (Fsp3) is 0.611. The Hall–Kier alpha value is -1.33. The molecule has 1 aromatic rings. The van der Waals surface area contributed by atoms with Crippen molar-refractivity contribution in [3.05, 3.63) is 35.4 Å². The first kappa shape index (κ1) is 13.6. The van der Waals surface area contributed by atoms with Crippen LogP contribution < -0.4 is 0 Å². The summed E-state index contributed by atoms with van der Waals surface area (Å²) in [6.45, 7) is 3.47. The van der Waals surface area contributed by atoms with E-state index in [1.54, 1.807) is 0 Å². The quantitative estimate of drug-likeness (QED) is 0.807. The molecule has 0 amide bonds. The molecule has 2 heteroatoms. The van der Waals surface area contributed by atoms with Crippen LogP contribution in [0.4, 0.5) is 0 Å². The van der Waals surface area contributed by atoms with E-state index in [-0.39, 0.29) is 0 Å². The highest BCUT2D eigenvalue weighted by molar-refractivity contribution is 5.32. The molecule has 1 spiro atoms. The van der Waals surface area contributed by atoms with Crippen LogP contribution in [0.1, 0.15) is 56.1 Å². The highest BCUT2D eigenvalue weighted by Crippen LogP contribution is 2.44. The van der Waals surface area contributed by atoms with Crippen molar-refractivity contribution in [3.8, 4) is 6.07 Å². The Morgan fingerprint density at radius 1 is 1.05 bits per heavy atom. The first-order valence-corrected chi connectivity index (χ1v) is 8.01. The molecule has 2 fully saturated rings. The third-order valence-electron chi connectivity index (χ3n) is 5.29. The van der Waals surface area contributed by atoms with E-state index in [2.05, 4.69) is 17.0 Å². The highest BCUT2D eigenvalue weighted by Gasteiger charge is 2.35. The Labute approximate surface area is 122 Å². The van der Waals surface area contributed by atoms with Gasteiger partial charge in [-0.15, -0.1) is 0 Å². The Morgan fingerprint density at radius 3 is 2.50 bits per heavy atom. The van der Waals surface area contributed by atoms with Crippen molar-refractivity contribution in [2.45, 2.75) is 51.5 Å². The monoisotopic (exact) mass is 268 g/mol. The second-order valence-electron chi connectivity index (χ2n) is 6.65. The zero-order valence-corrected chi connectivity index (χ0v) is 12.3. The van der Waals surface area contributed by atoms with Crippen LogP contribution in [-0.2, 0) is 6.54 Å². The molecule has 0 aromatic heterocycles. The van der Waals surface area contributed by atoms with Crippen molar-refractivity contribution in [1.82, 2.24) is 4.90 Å². The van der Waals surface area contributed by atoms with E-state index < -0.39 is 0 Å². The number of likely N-dealkylation sites (tertiary alicyclic amines) is 1. The van der Waals surface area contributed by atoms with E-state index >= 15 is 0 Å². The summed E-state index contributed by atoms with van der Waals surface area (Å²) in [5, 5.41) is 8.97. The molecule has 1 saturated heterocycles. The molecule has 1 aliphatic heterocycles. The molecule has 106 valence electrons. The van der Waals surface area contributed by atoms with Gasteiger partial charge in [0, 0.05) is 6.54 Å². The maximum atomic E-state index is 8.97. The van der Waals surface area contributed by atoms with E-state index in [9.17, 15) is 0 Å². The SMILES string of the molecule is N#Cc1cccc(CN2CCC3(CCCCC3)CC2)c1. The predicted octanol–water partition coefficient (Wildman–Crippen LogP) is 4.10. The average molecular weight is 268 g/mol. The molecule has 0 atom stereocenters. The van der Waals surface area contributed by atoms with E-state index in [0.717, 1.165) is 12.1 Å². The lowest BCUT2D eigenvalue weighted by Gasteiger charge is -2.44. The van der Waals surface area contributed by atoms with Gasteiger partial charge in [-0.3, -0.25) is 4.90 Å². The van der Waals surface area contributed by atoms with Crippen molar-refractivity contribution in [3.63, 3.8) is 0 Å². The third kappa shape index (κ3) is 3.04. The van der Waals surface area contributed by atoms with E-state index in [0.29, 0.717) is 5.41 Å². The van der Waals surface area contributed by atoms with Gasteiger partial charge >= 0.3 is 0 Å². The second kappa shape index (κ2) is 5.97. The second-order valence-corrected chi connectivity index (χ2v) is 6.65. The third-order valence-corrected chi connectivity index (χ3v) is 5.29. The molecule has 0 bridgehead atoms. The molecule has 1 saturated carbocycles. The first-order valence-electron chi connectivity index (χ1n) is 8.01. The molecule has 1 aromatic carbocycles. The molecule has 1 heterocycles. The fourth-order valence-electron chi connectivity index (χ4n) is 3.98. The van der Waals surface area contributed by atoms with Crippen molar-refractivity contribution in [1.29, 1.82) is 5.26 Å². The number of nitrogens with zero attached hydrogens (tertiary/aromatic N) is 2. The smallest absolute Gasteiger partial charge is 0.0991 e. The van der Waals surface area contributed by atoms with E-state index in [4.69, 9.17) is 5.26 Å². The molecule has 2 aliphatic rings. The number of hydrogen-bond donors (Lipinski definition) is 0. The lowest BCUT2D eigenvalue weighted by atomic mass is 9.68. The van der Waals surface area contributed by atoms with Crippen molar-refractivity contribution in [2.24, 2.45) is 5.41 Å². The summed E-state index contributed by atoms with van der Waals surface area (Å²) >= 11 is 0. The molecule has 20 heavy (non-hydrogen) atoms. The van der Waals surface area contributed by atoms with Crippen LogP contribution in [0, 0.1) is 16.7 Å². The van der Waals surface area contributed by atoms with Gasteiger partial charge in [-0.05, 0) is 61.9 Å². The molecule has 2 nitrogen and oxygen atoms in total. The summed E-state index contributed by atoms with van der Waals surface area (Å²) in [5.74, 6) is 0. The standard InChI is InChI=1S/C18H24N2/c19-14-16-5-4-6-17(13-16)15-20-11-9-18(10-12-20)7-2-1-3-8-18/h4-6,13H,1-3,7-12,15H2. The summed E-state index contributed by atoms with van der Waals surface area (Å²) < 4.78 is 0. The summed E-state index contributed by atoms with van der Waals surface area (Å²) in [4.78, 5) is 2.57. The summed E-state index contributed by atoms with van der Waals surface area (Å²) in [5.41, 5.74) is 2.75. The lowest BCUT2D eigenvalue weighted by Crippen LogP contribution is -2.40. The van der Waals surface area contributed by atoms with E-state index in [1.807, 2.05) is 18.2 Å². The molecular weight excluding hydrogens is 244 g/mol. The van der Waals surface area contributed by atoms with Crippen LogP contribution in [0.2, 0.25) is 0 Å². The minimum absolute atomic E-state index is 0.684. The Balaban J connectivity index is 1.57.